The molecular weight excluding hydrogens is 213 g/mol. The summed E-state index contributed by atoms with van der Waals surface area (Å²) in [5.74, 6) is 0. The number of rotatable bonds is 4. The summed E-state index contributed by atoms with van der Waals surface area (Å²) >= 11 is 4.67. The lowest BCUT2D eigenvalue weighted by molar-refractivity contribution is -0.151. The van der Waals surface area contributed by atoms with Crippen LogP contribution in [-0.2, 0) is 0 Å². The Balaban J connectivity index is 4.53. The predicted octanol–water partition coefficient (Wildman–Crippen LogP) is 1.93. The number of nitrogens with zero attached hydrogens (tertiary/aromatic N) is 1. The number of halogens is 3. The Labute approximate surface area is 87.2 Å². The Morgan fingerprint density at radius 3 is 2.00 bits per heavy atom. The molecule has 0 aromatic heterocycles. The van der Waals surface area contributed by atoms with E-state index >= 15 is 0 Å². The zero-order valence-electron chi connectivity index (χ0n) is 8.43. The van der Waals surface area contributed by atoms with E-state index in [9.17, 15) is 13.2 Å². The molecule has 1 atom stereocenters. The maximum absolute atomic E-state index is 12.2. The maximum atomic E-state index is 12.2. The van der Waals surface area contributed by atoms with Crippen molar-refractivity contribution in [3.05, 3.63) is 0 Å². The van der Waals surface area contributed by atoms with E-state index in [4.69, 9.17) is 5.73 Å². The Kier molecular flexibility index (Phi) is 4.80. The highest BCUT2D eigenvalue weighted by molar-refractivity contribution is 7.80. The normalized spacial score (nSPS) is 14.9. The monoisotopic (exact) mass is 228 g/mol. The van der Waals surface area contributed by atoms with E-state index in [0.29, 0.717) is 0 Å². The fourth-order valence-electron chi connectivity index (χ4n) is 1.14. The molecule has 0 aromatic carbocycles. The maximum Gasteiger partial charge on any atom is 0.401 e. The number of hydrogen-bond donors (Lipinski definition) is 1. The molecule has 0 amide bonds. The summed E-state index contributed by atoms with van der Waals surface area (Å²) in [6, 6.07) is -0.778. The second-order valence-corrected chi connectivity index (χ2v) is 3.93. The van der Waals surface area contributed by atoms with Crippen LogP contribution in [0.25, 0.3) is 0 Å². The van der Waals surface area contributed by atoms with Crippen LogP contribution in [0.1, 0.15) is 20.8 Å². The Hall–Kier alpha value is -0.360. The van der Waals surface area contributed by atoms with E-state index in [1.807, 2.05) is 0 Å². The van der Waals surface area contributed by atoms with Gasteiger partial charge in [0.2, 0.25) is 0 Å². The van der Waals surface area contributed by atoms with Crippen LogP contribution in [0.4, 0.5) is 13.2 Å². The molecule has 1 unspecified atom stereocenters. The Bertz CT molecular complexity index is 203. The van der Waals surface area contributed by atoms with Crippen molar-refractivity contribution in [2.24, 2.45) is 5.73 Å². The summed E-state index contributed by atoms with van der Waals surface area (Å²) in [4.78, 5) is 1.31. The lowest BCUT2D eigenvalue weighted by Gasteiger charge is -2.32. The third-order valence-corrected chi connectivity index (χ3v) is 2.28. The number of alkyl halides is 3. The molecule has 0 radical (unpaired) electrons. The van der Waals surface area contributed by atoms with Crippen molar-refractivity contribution in [2.45, 2.75) is 39.0 Å². The molecule has 84 valence electrons. The van der Waals surface area contributed by atoms with E-state index in [1.54, 1.807) is 20.8 Å². The molecule has 2 nitrogen and oxygen atoms in total. The first kappa shape index (κ1) is 13.6. The van der Waals surface area contributed by atoms with Crippen molar-refractivity contribution < 1.29 is 13.2 Å². The molecular formula is C8H15F3N2S. The highest BCUT2D eigenvalue weighted by Crippen LogP contribution is 2.19. The van der Waals surface area contributed by atoms with Crippen molar-refractivity contribution in [1.29, 1.82) is 0 Å². The first-order valence-corrected chi connectivity index (χ1v) is 4.67. The zero-order valence-corrected chi connectivity index (χ0v) is 9.25. The summed E-state index contributed by atoms with van der Waals surface area (Å²) in [7, 11) is 0. The first-order valence-electron chi connectivity index (χ1n) is 4.27. The van der Waals surface area contributed by atoms with Gasteiger partial charge in [-0.15, -0.1) is 0 Å². The van der Waals surface area contributed by atoms with E-state index < -0.39 is 18.8 Å². The minimum Gasteiger partial charge on any atom is -0.392 e. The summed E-state index contributed by atoms with van der Waals surface area (Å²) in [6.07, 6.45) is -4.22. The fourth-order valence-corrected chi connectivity index (χ4v) is 1.27. The van der Waals surface area contributed by atoms with E-state index in [0.717, 1.165) is 0 Å². The first-order chi connectivity index (χ1) is 6.15. The van der Waals surface area contributed by atoms with Crippen molar-refractivity contribution in [3.63, 3.8) is 0 Å². The van der Waals surface area contributed by atoms with Gasteiger partial charge in [-0.1, -0.05) is 12.2 Å². The second kappa shape index (κ2) is 4.93. The number of thiocarbonyl (C=S) groups is 1. The molecule has 0 rings (SSSR count). The van der Waals surface area contributed by atoms with Crippen LogP contribution in [0.5, 0.6) is 0 Å². The topological polar surface area (TPSA) is 29.3 Å². The third-order valence-electron chi connectivity index (χ3n) is 1.93. The highest BCUT2D eigenvalue weighted by atomic mass is 32.1. The van der Waals surface area contributed by atoms with Crippen LogP contribution in [0.2, 0.25) is 0 Å². The van der Waals surface area contributed by atoms with Gasteiger partial charge in [-0.3, -0.25) is 4.90 Å². The summed E-state index contributed by atoms with van der Waals surface area (Å²) < 4.78 is 36.5. The van der Waals surface area contributed by atoms with Gasteiger partial charge >= 0.3 is 6.18 Å². The van der Waals surface area contributed by atoms with E-state index in [-0.39, 0.29) is 11.0 Å². The lowest BCUT2D eigenvalue weighted by Crippen LogP contribution is -2.49. The molecule has 0 aromatic rings. The zero-order chi connectivity index (χ0) is 11.5. The van der Waals surface area contributed by atoms with E-state index in [1.165, 1.54) is 4.90 Å². The number of nitrogens with two attached hydrogens (primary N) is 1. The summed E-state index contributed by atoms with van der Waals surface area (Å²) in [5.41, 5.74) is 5.32. The predicted molar refractivity (Wildman–Crippen MR) is 54.1 cm³/mol. The van der Waals surface area contributed by atoms with Gasteiger partial charge in [0.15, 0.2) is 0 Å². The standard InChI is InChI=1S/C8H15F3N2S/c1-5(2)13(4-8(9,10)11)6(3)7(12)14/h5-6H,4H2,1-3H3,(H2,12,14). The van der Waals surface area contributed by atoms with Gasteiger partial charge in [0.05, 0.1) is 17.6 Å². The van der Waals surface area contributed by atoms with Crippen LogP contribution in [0.15, 0.2) is 0 Å². The van der Waals surface area contributed by atoms with Gasteiger partial charge in [0.1, 0.15) is 0 Å². The molecule has 0 aliphatic heterocycles. The van der Waals surface area contributed by atoms with Crippen molar-refractivity contribution in [2.75, 3.05) is 6.54 Å². The van der Waals surface area contributed by atoms with Crippen LogP contribution < -0.4 is 5.73 Å². The van der Waals surface area contributed by atoms with Gasteiger partial charge in [-0.25, -0.2) is 0 Å². The second-order valence-electron chi connectivity index (χ2n) is 3.46. The summed E-state index contributed by atoms with van der Waals surface area (Å²) in [5, 5.41) is 0. The summed E-state index contributed by atoms with van der Waals surface area (Å²) in [6.45, 7) is 3.96. The fraction of sp³-hybridized carbons (Fsp3) is 0.875. The average molecular weight is 228 g/mol. The SMILES string of the molecule is CC(C)N(CC(F)(F)F)C(C)C(N)=S. The van der Waals surface area contributed by atoms with Gasteiger partial charge in [-0.2, -0.15) is 13.2 Å². The molecule has 14 heavy (non-hydrogen) atoms. The quantitative estimate of drug-likeness (QED) is 0.745. The molecule has 2 N–H and O–H groups in total. The molecule has 0 saturated heterocycles. The van der Waals surface area contributed by atoms with Gasteiger partial charge in [0.25, 0.3) is 0 Å². The molecule has 0 aliphatic carbocycles. The minimum absolute atomic E-state index is 0.0861. The van der Waals surface area contributed by atoms with Gasteiger partial charge in [0, 0.05) is 6.04 Å². The molecule has 0 saturated carbocycles. The average Bonchev–Trinajstić information content (AvgIpc) is 1.96. The molecule has 0 fully saturated rings. The smallest absolute Gasteiger partial charge is 0.392 e. The number of hydrogen-bond acceptors (Lipinski definition) is 2. The van der Waals surface area contributed by atoms with Crippen LogP contribution in [0.3, 0.4) is 0 Å². The molecule has 0 bridgehead atoms. The van der Waals surface area contributed by atoms with Gasteiger partial charge < -0.3 is 5.73 Å². The van der Waals surface area contributed by atoms with Crippen LogP contribution in [0, 0.1) is 0 Å². The van der Waals surface area contributed by atoms with Crippen molar-refractivity contribution in [3.8, 4) is 0 Å². The Morgan fingerprint density at radius 2 is 1.79 bits per heavy atom. The highest BCUT2D eigenvalue weighted by Gasteiger charge is 2.34. The van der Waals surface area contributed by atoms with Crippen molar-refractivity contribution in [1.82, 2.24) is 4.90 Å². The van der Waals surface area contributed by atoms with Crippen LogP contribution in [-0.4, -0.2) is 34.7 Å². The van der Waals surface area contributed by atoms with Crippen LogP contribution >= 0.6 is 12.2 Å². The largest absolute Gasteiger partial charge is 0.401 e. The molecule has 0 heterocycles. The third kappa shape index (κ3) is 4.76. The molecule has 0 spiro atoms. The minimum atomic E-state index is -4.22. The Morgan fingerprint density at radius 1 is 1.36 bits per heavy atom. The molecule has 0 aliphatic rings. The molecule has 6 heteroatoms. The van der Waals surface area contributed by atoms with Gasteiger partial charge in [-0.05, 0) is 20.8 Å². The van der Waals surface area contributed by atoms with Crippen molar-refractivity contribution >= 4 is 17.2 Å². The van der Waals surface area contributed by atoms with E-state index in [2.05, 4.69) is 12.2 Å². The lowest BCUT2D eigenvalue weighted by atomic mass is 10.2.